The number of likely N-dealkylation sites (N-methyl/N-ethyl adjacent to an activating group) is 1. The van der Waals surface area contributed by atoms with Crippen LogP contribution in [0.3, 0.4) is 0 Å². The van der Waals surface area contributed by atoms with E-state index >= 15 is 0 Å². The Balaban J connectivity index is 1.84. The number of fused-ring (bicyclic) bond motifs is 1. The van der Waals surface area contributed by atoms with Crippen molar-refractivity contribution in [2.24, 2.45) is 0 Å². The lowest BCUT2D eigenvalue weighted by Crippen LogP contribution is -2.36. The minimum Gasteiger partial charge on any atom is -0.313 e. The largest absolute Gasteiger partial charge is 0.313 e. The summed E-state index contributed by atoms with van der Waals surface area (Å²) < 4.78 is 0. The van der Waals surface area contributed by atoms with Gasteiger partial charge in [-0.3, -0.25) is 4.98 Å². The van der Waals surface area contributed by atoms with Crippen LogP contribution >= 0.6 is 0 Å². The molecule has 2 heteroatoms. The van der Waals surface area contributed by atoms with Gasteiger partial charge in [0.1, 0.15) is 0 Å². The third-order valence-corrected chi connectivity index (χ3v) is 4.66. The number of hydrogen-bond donors (Lipinski definition) is 1. The molecule has 110 valence electrons. The first-order chi connectivity index (χ1) is 10.3. The van der Waals surface area contributed by atoms with E-state index in [1.165, 1.54) is 35.2 Å². The van der Waals surface area contributed by atoms with Crippen LogP contribution in [0.1, 0.15) is 41.6 Å². The molecule has 1 aromatic heterocycles. The van der Waals surface area contributed by atoms with Crippen LogP contribution in [0, 0.1) is 6.92 Å². The molecule has 21 heavy (non-hydrogen) atoms. The quantitative estimate of drug-likeness (QED) is 0.904. The van der Waals surface area contributed by atoms with Gasteiger partial charge in [0, 0.05) is 23.9 Å². The molecule has 0 saturated heterocycles. The van der Waals surface area contributed by atoms with E-state index < -0.39 is 0 Å². The lowest BCUT2D eigenvalue weighted by molar-refractivity contribution is 0.429. The molecule has 1 N–H and O–H groups in total. The second kappa shape index (κ2) is 6.40. The molecule has 0 aliphatic heterocycles. The number of aryl methyl sites for hydroxylation is 2. The average molecular weight is 280 g/mol. The van der Waals surface area contributed by atoms with Crippen molar-refractivity contribution in [3.8, 4) is 0 Å². The molecule has 2 nitrogen and oxygen atoms in total. The Morgan fingerprint density at radius 2 is 2.10 bits per heavy atom. The molecular weight excluding hydrogens is 256 g/mol. The number of nitrogens with one attached hydrogen (secondary N) is 1. The molecule has 2 unspecified atom stereocenters. The Morgan fingerprint density at radius 1 is 1.24 bits per heavy atom. The molecule has 1 aliphatic rings. The summed E-state index contributed by atoms with van der Waals surface area (Å²) in [5, 5.41) is 3.70. The minimum atomic E-state index is 0.479. The molecule has 0 saturated carbocycles. The van der Waals surface area contributed by atoms with Gasteiger partial charge in [0.15, 0.2) is 0 Å². The smallest absolute Gasteiger partial charge is 0.0482 e. The van der Waals surface area contributed by atoms with E-state index in [1.54, 1.807) is 0 Å². The van der Waals surface area contributed by atoms with Gasteiger partial charge in [0.2, 0.25) is 0 Å². The summed E-state index contributed by atoms with van der Waals surface area (Å²) in [6.07, 6.45) is 5.41. The van der Waals surface area contributed by atoms with Crippen LogP contribution in [0.15, 0.2) is 42.6 Å². The first-order valence-corrected chi connectivity index (χ1v) is 8.01. The van der Waals surface area contributed by atoms with Gasteiger partial charge in [0.25, 0.3) is 0 Å². The Hall–Kier alpha value is -1.67. The molecule has 1 aromatic carbocycles. The normalized spacial score (nSPS) is 18.5. The molecule has 0 bridgehead atoms. The monoisotopic (exact) mass is 280 g/mol. The van der Waals surface area contributed by atoms with Crippen LogP contribution in [0.25, 0.3) is 0 Å². The van der Waals surface area contributed by atoms with Crippen molar-refractivity contribution >= 4 is 0 Å². The molecule has 0 amide bonds. The molecule has 0 fully saturated rings. The maximum absolute atomic E-state index is 4.67. The minimum absolute atomic E-state index is 0.479. The number of pyridine rings is 1. The highest BCUT2D eigenvalue weighted by Crippen LogP contribution is 2.35. The summed E-state index contributed by atoms with van der Waals surface area (Å²) in [5.41, 5.74) is 5.60. The van der Waals surface area contributed by atoms with E-state index in [-0.39, 0.29) is 0 Å². The van der Waals surface area contributed by atoms with Crippen molar-refractivity contribution in [3.05, 3.63) is 65.0 Å². The van der Waals surface area contributed by atoms with Crippen LogP contribution in [-0.4, -0.2) is 17.6 Å². The van der Waals surface area contributed by atoms with Crippen molar-refractivity contribution in [3.63, 3.8) is 0 Å². The Bertz CT molecular complexity index is 606. The SMILES string of the molecule is CCNC(Cc1ccccc1C)C1CCc2cccnc21. The highest BCUT2D eigenvalue weighted by atomic mass is 14.9. The maximum Gasteiger partial charge on any atom is 0.0482 e. The Kier molecular flexibility index (Phi) is 4.35. The van der Waals surface area contributed by atoms with Gasteiger partial charge < -0.3 is 5.32 Å². The van der Waals surface area contributed by atoms with E-state index in [9.17, 15) is 0 Å². The van der Waals surface area contributed by atoms with Crippen molar-refractivity contribution in [1.82, 2.24) is 10.3 Å². The van der Waals surface area contributed by atoms with Gasteiger partial charge in [-0.25, -0.2) is 0 Å². The highest BCUT2D eigenvalue weighted by molar-refractivity contribution is 5.32. The maximum atomic E-state index is 4.67. The van der Waals surface area contributed by atoms with Crippen molar-refractivity contribution in [2.45, 2.75) is 45.1 Å². The molecule has 3 rings (SSSR count). The summed E-state index contributed by atoms with van der Waals surface area (Å²) in [6.45, 7) is 5.41. The Labute approximate surface area is 127 Å². The fourth-order valence-electron chi connectivity index (χ4n) is 3.53. The standard InChI is InChI=1S/C19H24N2/c1-3-20-18(13-16-8-5-4-7-14(16)2)17-11-10-15-9-6-12-21-19(15)17/h4-9,12,17-18,20H,3,10-11,13H2,1-2H3. The van der Waals surface area contributed by atoms with Crippen LogP contribution < -0.4 is 5.32 Å². The molecule has 2 aromatic rings. The van der Waals surface area contributed by atoms with E-state index in [4.69, 9.17) is 0 Å². The summed E-state index contributed by atoms with van der Waals surface area (Å²) >= 11 is 0. The third kappa shape index (κ3) is 3.01. The molecule has 2 atom stereocenters. The topological polar surface area (TPSA) is 24.9 Å². The van der Waals surface area contributed by atoms with Gasteiger partial charge in [0.05, 0.1) is 0 Å². The number of hydrogen-bond acceptors (Lipinski definition) is 2. The van der Waals surface area contributed by atoms with Gasteiger partial charge in [-0.1, -0.05) is 37.3 Å². The number of benzene rings is 1. The van der Waals surface area contributed by atoms with Crippen LogP contribution in [-0.2, 0) is 12.8 Å². The fraction of sp³-hybridized carbons (Fsp3) is 0.421. The van der Waals surface area contributed by atoms with E-state index in [0.29, 0.717) is 12.0 Å². The van der Waals surface area contributed by atoms with Crippen molar-refractivity contribution in [2.75, 3.05) is 6.54 Å². The zero-order chi connectivity index (χ0) is 14.7. The number of rotatable bonds is 5. The summed E-state index contributed by atoms with van der Waals surface area (Å²) in [5.74, 6) is 0.542. The molecule has 1 aliphatic carbocycles. The van der Waals surface area contributed by atoms with Crippen LogP contribution in [0.5, 0.6) is 0 Å². The average Bonchev–Trinajstić information content (AvgIpc) is 2.93. The van der Waals surface area contributed by atoms with Gasteiger partial charge in [-0.05, 0) is 55.5 Å². The van der Waals surface area contributed by atoms with E-state index in [0.717, 1.165) is 13.0 Å². The zero-order valence-electron chi connectivity index (χ0n) is 13.0. The van der Waals surface area contributed by atoms with Crippen molar-refractivity contribution < 1.29 is 0 Å². The zero-order valence-corrected chi connectivity index (χ0v) is 13.0. The molecule has 0 spiro atoms. The van der Waals surface area contributed by atoms with Gasteiger partial charge >= 0.3 is 0 Å². The highest BCUT2D eigenvalue weighted by Gasteiger charge is 2.30. The van der Waals surface area contributed by atoms with Gasteiger partial charge in [-0.15, -0.1) is 0 Å². The van der Waals surface area contributed by atoms with Crippen LogP contribution in [0.2, 0.25) is 0 Å². The summed E-state index contributed by atoms with van der Waals surface area (Å²) in [7, 11) is 0. The molecular formula is C19H24N2. The lowest BCUT2D eigenvalue weighted by Gasteiger charge is -2.25. The van der Waals surface area contributed by atoms with Crippen molar-refractivity contribution in [1.29, 1.82) is 0 Å². The lowest BCUT2D eigenvalue weighted by atomic mass is 9.90. The second-order valence-electron chi connectivity index (χ2n) is 5.99. The number of nitrogens with zero attached hydrogens (tertiary/aromatic N) is 1. The predicted molar refractivity (Wildman–Crippen MR) is 87.6 cm³/mol. The first kappa shape index (κ1) is 14.3. The summed E-state index contributed by atoms with van der Waals surface area (Å²) in [6, 6.07) is 13.5. The Morgan fingerprint density at radius 3 is 2.90 bits per heavy atom. The number of aromatic nitrogens is 1. The predicted octanol–water partition coefficient (Wildman–Crippen LogP) is 3.64. The third-order valence-electron chi connectivity index (χ3n) is 4.66. The molecule has 1 heterocycles. The fourth-order valence-corrected chi connectivity index (χ4v) is 3.53. The van der Waals surface area contributed by atoms with Crippen LogP contribution in [0.4, 0.5) is 0 Å². The molecule has 0 radical (unpaired) electrons. The van der Waals surface area contributed by atoms with E-state index in [1.807, 2.05) is 6.20 Å². The first-order valence-electron chi connectivity index (χ1n) is 8.01. The van der Waals surface area contributed by atoms with Gasteiger partial charge in [-0.2, -0.15) is 0 Å². The van der Waals surface area contributed by atoms with E-state index in [2.05, 4.69) is 60.5 Å². The second-order valence-corrected chi connectivity index (χ2v) is 5.99. The summed E-state index contributed by atoms with van der Waals surface area (Å²) in [4.78, 5) is 4.67.